The van der Waals surface area contributed by atoms with Gasteiger partial charge in [-0.25, -0.2) is 0 Å². The van der Waals surface area contributed by atoms with Gasteiger partial charge in [0.25, 0.3) is 0 Å². The quantitative estimate of drug-likeness (QED) is 0.168. The molecule has 2 unspecified atom stereocenters. The summed E-state index contributed by atoms with van der Waals surface area (Å²) in [5.41, 5.74) is 17.8. The van der Waals surface area contributed by atoms with Crippen molar-refractivity contribution in [1.29, 1.82) is 0 Å². The fraction of sp³-hybridized carbons (Fsp3) is 0.227. The highest BCUT2D eigenvalue weighted by Gasteiger charge is 2.48. The van der Waals surface area contributed by atoms with Gasteiger partial charge >= 0.3 is 0 Å². The van der Waals surface area contributed by atoms with Crippen molar-refractivity contribution in [3.8, 4) is 11.1 Å². The van der Waals surface area contributed by atoms with Gasteiger partial charge in [-0.2, -0.15) is 0 Å². The molecule has 2 nitrogen and oxygen atoms in total. The van der Waals surface area contributed by atoms with Crippen LogP contribution in [0.2, 0.25) is 0 Å². The molecule has 2 aliphatic heterocycles. The molecule has 47 heavy (non-hydrogen) atoms. The number of nitrogens with zero attached hydrogens (tertiary/aromatic N) is 2. The third-order valence-corrected chi connectivity index (χ3v) is 11.0. The Morgan fingerprint density at radius 3 is 2.15 bits per heavy atom. The topological polar surface area (TPSA) is 6.48 Å². The van der Waals surface area contributed by atoms with Crippen LogP contribution in [0, 0.1) is 13.8 Å². The Bertz CT molecular complexity index is 2020. The van der Waals surface area contributed by atoms with E-state index in [4.69, 9.17) is 0 Å². The molecule has 0 fully saturated rings. The Morgan fingerprint density at radius 1 is 0.681 bits per heavy atom. The largest absolute Gasteiger partial charge is 0.335 e. The molecule has 0 radical (unpaired) electrons. The summed E-state index contributed by atoms with van der Waals surface area (Å²) in [6, 6.07) is 33.2. The van der Waals surface area contributed by atoms with E-state index in [0.717, 1.165) is 19.3 Å². The van der Waals surface area contributed by atoms with Gasteiger partial charge in [0.15, 0.2) is 0 Å². The highest BCUT2D eigenvalue weighted by molar-refractivity contribution is 6.95. The standard InChI is InChI=1S/C44H41BN2/c1-30-16-20-32(21-17-30)34-24-26-38-42(28-34)46(36-10-5-3-6-11-36)40-14-9-15-41-44(40)45(38)39-27-25-35(33-22-18-31(2)19-23-33)29-43(39)47(41)37-12-7-4-8-13-37/h5,7,9-12,14-27,29,37,42H,3-4,6,8,13,28H2,1-2H3. The maximum absolute atomic E-state index is 2.69. The summed E-state index contributed by atoms with van der Waals surface area (Å²) in [4.78, 5) is 5.39. The average molecular weight is 609 g/mol. The first-order valence-electron chi connectivity index (χ1n) is 17.6. The third-order valence-electron chi connectivity index (χ3n) is 11.0. The predicted molar refractivity (Wildman–Crippen MR) is 202 cm³/mol. The van der Waals surface area contributed by atoms with Crippen molar-refractivity contribution in [3.63, 3.8) is 0 Å². The van der Waals surface area contributed by atoms with E-state index < -0.39 is 0 Å². The van der Waals surface area contributed by atoms with E-state index in [1.807, 2.05) is 0 Å². The molecule has 3 heteroatoms. The van der Waals surface area contributed by atoms with Gasteiger partial charge < -0.3 is 9.80 Å². The normalized spacial score (nSPS) is 21.0. The Morgan fingerprint density at radius 2 is 1.43 bits per heavy atom. The first-order chi connectivity index (χ1) is 23.1. The number of hydrogen-bond donors (Lipinski definition) is 0. The molecule has 4 aromatic carbocycles. The molecule has 0 amide bonds. The summed E-state index contributed by atoms with van der Waals surface area (Å²) in [7, 11) is 0. The molecular formula is C44H41BN2. The molecule has 0 aromatic heterocycles. The van der Waals surface area contributed by atoms with Gasteiger partial charge in [-0.3, -0.25) is 0 Å². The fourth-order valence-corrected chi connectivity index (χ4v) is 8.66. The van der Waals surface area contributed by atoms with Crippen molar-refractivity contribution >= 4 is 40.3 Å². The summed E-state index contributed by atoms with van der Waals surface area (Å²) in [6.45, 7) is 4.56. The minimum Gasteiger partial charge on any atom is -0.335 e. The molecule has 0 bridgehead atoms. The van der Waals surface area contributed by atoms with Crippen molar-refractivity contribution in [1.82, 2.24) is 0 Å². The molecule has 2 heterocycles. The Kier molecular flexibility index (Phi) is 6.96. The summed E-state index contributed by atoms with van der Waals surface area (Å²) >= 11 is 0. The zero-order valence-electron chi connectivity index (χ0n) is 27.5. The Hall–Kier alpha value is -4.76. The van der Waals surface area contributed by atoms with Crippen LogP contribution < -0.4 is 20.7 Å². The lowest BCUT2D eigenvalue weighted by atomic mass is 9.31. The highest BCUT2D eigenvalue weighted by atomic mass is 15.2. The molecule has 0 N–H and O–H groups in total. The van der Waals surface area contributed by atoms with Crippen molar-refractivity contribution in [2.24, 2.45) is 0 Å². The van der Waals surface area contributed by atoms with Gasteiger partial charge in [0.1, 0.15) is 0 Å². The fourth-order valence-electron chi connectivity index (χ4n) is 8.66. The van der Waals surface area contributed by atoms with Crippen LogP contribution in [-0.2, 0) is 0 Å². The second-order valence-corrected chi connectivity index (χ2v) is 14.0. The number of benzene rings is 4. The van der Waals surface area contributed by atoms with Crippen molar-refractivity contribution in [3.05, 3.63) is 155 Å². The average Bonchev–Trinajstić information content (AvgIpc) is 3.12. The van der Waals surface area contributed by atoms with Crippen LogP contribution in [0.4, 0.5) is 17.1 Å². The SMILES string of the molecule is Cc1ccc(C2=CC=C3B4c5ccc(-c6ccc(C)cc6)cc5N(C5C=CCCC5)c5cccc(c54)N(C4=CCCC=C4)C3C2)cc1. The zero-order valence-corrected chi connectivity index (χ0v) is 27.5. The molecule has 9 rings (SSSR count). The molecule has 4 aromatic rings. The van der Waals surface area contributed by atoms with Crippen molar-refractivity contribution in [2.45, 2.75) is 64.5 Å². The monoisotopic (exact) mass is 608 g/mol. The molecule has 2 atom stereocenters. The summed E-state index contributed by atoms with van der Waals surface area (Å²) < 4.78 is 0. The van der Waals surface area contributed by atoms with E-state index in [1.54, 1.807) is 0 Å². The third kappa shape index (κ3) is 4.78. The Labute approximate surface area is 280 Å². The van der Waals surface area contributed by atoms with E-state index in [-0.39, 0.29) is 12.8 Å². The summed E-state index contributed by atoms with van der Waals surface area (Å²) in [6.07, 6.45) is 23.8. The van der Waals surface area contributed by atoms with E-state index in [0.29, 0.717) is 6.04 Å². The van der Waals surface area contributed by atoms with Gasteiger partial charge in [0.2, 0.25) is 6.71 Å². The lowest BCUT2D eigenvalue weighted by Crippen LogP contribution is -2.62. The molecule has 5 aliphatic rings. The van der Waals surface area contributed by atoms with Crippen LogP contribution in [0.15, 0.2) is 139 Å². The number of rotatable bonds is 4. The number of anilines is 3. The van der Waals surface area contributed by atoms with Crippen LogP contribution in [0.1, 0.15) is 55.2 Å². The lowest BCUT2D eigenvalue weighted by Gasteiger charge is -2.51. The van der Waals surface area contributed by atoms with E-state index in [2.05, 4.69) is 151 Å². The first kappa shape index (κ1) is 28.5. The molecular weight excluding hydrogens is 567 g/mol. The second kappa shape index (κ2) is 11.5. The number of allylic oxidation sites excluding steroid dienone is 6. The molecule has 0 saturated carbocycles. The predicted octanol–water partition coefficient (Wildman–Crippen LogP) is 9.52. The molecule has 0 saturated heterocycles. The van der Waals surface area contributed by atoms with Crippen molar-refractivity contribution in [2.75, 3.05) is 9.80 Å². The van der Waals surface area contributed by atoms with Gasteiger partial charge in [-0.05, 0) is 110 Å². The number of hydrogen-bond acceptors (Lipinski definition) is 2. The second-order valence-electron chi connectivity index (χ2n) is 14.0. The molecule has 0 spiro atoms. The Balaban J connectivity index is 1.28. The summed E-state index contributed by atoms with van der Waals surface area (Å²) in [5, 5.41) is 0. The lowest BCUT2D eigenvalue weighted by molar-refractivity contribution is 0.632. The van der Waals surface area contributed by atoms with Crippen molar-refractivity contribution < 1.29 is 0 Å². The van der Waals surface area contributed by atoms with Crippen LogP contribution in [0.5, 0.6) is 0 Å². The number of aryl methyl sites for hydroxylation is 2. The van der Waals surface area contributed by atoms with E-state index in [9.17, 15) is 0 Å². The first-order valence-corrected chi connectivity index (χ1v) is 17.6. The van der Waals surface area contributed by atoms with Crippen LogP contribution >= 0.6 is 0 Å². The number of fused-ring (bicyclic) bond motifs is 4. The van der Waals surface area contributed by atoms with Crippen LogP contribution in [-0.4, -0.2) is 18.8 Å². The smallest absolute Gasteiger partial charge is 0.247 e. The van der Waals surface area contributed by atoms with E-state index >= 15 is 0 Å². The maximum atomic E-state index is 2.69. The van der Waals surface area contributed by atoms with Gasteiger partial charge in [0, 0.05) is 22.8 Å². The minimum atomic E-state index is 0.220. The summed E-state index contributed by atoms with van der Waals surface area (Å²) in [5.74, 6) is 0. The van der Waals surface area contributed by atoms with Crippen LogP contribution in [0.3, 0.4) is 0 Å². The maximum Gasteiger partial charge on any atom is 0.247 e. The van der Waals surface area contributed by atoms with Gasteiger partial charge in [-0.15, -0.1) is 0 Å². The zero-order chi connectivity index (χ0) is 31.5. The molecule has 230 valence electrons. The minimum absolute atomic E-state index is 0.220. The van der Waals surface area contributed by atoms with Gasteiger partial charge in [0.05, 0.1) is 12.1 Å². The highest BCUT2D eigenvalue weighted by Crippen LogP contribution is 2.46. The molecule has 3 aliphatic carbocycles. The van der Waals surface area contributed by atoms with Crippen LogP contribution in [0.25, 0.3) is 16.7 Å². The van der Waals surface area contributed by atoms with Gasteiger partial charge in [-0.1, -0.05) is 120 Å². The van der Waals surface area contributed by atoms with E-state index in [1.165, 1.54) is 91.8 Å².